The zero-order valence-electron chi connectivity index (χ0n) is 5.78. The van der Waals surface area contributed by atoms with Crippen molar-refractivity contribution in [2.45, 2.75) is 0 Å². The van der Waals surface area contributed by atoms with Crippen LogP contribution in [0.25, 0.3) is 11.1 Å². The van der Waals surface area contributed by atoms with Gasteiger partial charge in [0.1, 0.15) is 0 Å². The van der Waals surface area contributed by atoms with E-state index >= 15 is 0 Å². The van der Waals surface area contributed by atoms with E-state index in [0.717, 1.165) is 17.4 Å². The molecule has 0 amide bonds. The Morgan fingerprint density at radius 3 is 3.00 bits per heavy atom. The second-order valence-corrected chi connectivity index (χ2v) is 2.30. The van der Waals surface area contributed by atoms with Gasteiger partial charge in [0.25, 0.3) is 0 Å². The van der Waals surface area contributed by atoms with Crippen LogP contribution in [0.1, 0.15) is 10.6 Å². The second kappa shape index (κ2) is 2.23. The van der Waals surface area contributed by atoms with Crippen molar-refractivity contribution in [2.75, 3.05) is 0 Å². The van der Waals surface area contributed by atoms with Gasteiger partial charge in [0.05, 0.1) is 6.26 Å². The molecule has 2 nitrogen and oxygen atoms in total. The molecule has 54 valence electrons. The Kier molecular flexibility index (Phi) is 1.25. The van der Waals surface area contributed by atoms with Crippen molar-refractivity contribution >= 4 is 6.29 Å². The maximum atomic E-state index is 10.4. The van der Waals surface area contributed by atoms with Crippen molar-refractivity contribution in [3.63, 3.8) is 0 Å². The number of fused-ring (bicyclic) bond motifs is 1. The molecular formula is C9H6O2. The van der Waals surface area contributed by atoms with E-state index in [0.29, 0.717) is 5.76 Å². The number of aldehydes is 1. The lowest BCUT2D eigenvalue weighted by Crippen LogP contribution is -1.83. The molecule has 0 unspecified atom stereocenters. The standard InChI is InChI=1S/C9H6O2/c10-6-9-8-3-1-2-7(8)4-5-11-9/h1-6H. The minimum absolute atomic E-state index is 0.396. The first-order valence-electron chi connectivity index (χ1n) is 3.33. The van der Waals surface area contributed by atoms with Crippen molar-refractivity contribution < 1.29 is 9.21 Å². The molecule has 1 aliphatic heterocycles. The summed E-state index contributed by atoms with van der Waals surface area (Å²) in [6.07, 6.45) is 2.24. The molecule has 0 spiro atoms. The summed E-state index contributed by atoms with van der Waals surface area (Å²) < 4.78 is 4.98. The molecule has 0 fully saturated rings. The normalized spacial score (nSPS) is 10.2. The quantitative estimate of drug-likeness (QED) is 0.577. The first kappa shape index (κ1) is 6.16. The summed E-state index contributed by atoms with van der Waals surface area (Å²) in [6, 6.07) is 7.54. The molecule has 2 heteroatoms. The third-order valence-corrected chi connectivity index (χ3v) is 1.66. The summed E-state index contributed by atoms with van der Waals surface area (Å²) in [4.78, 5) is 10.4. The third kappa shape index (κ3) is 0.835. The first-order chi connectivity index (χ1) is 5.42. The Hall–Kier alpha value is -1.57. The second-order valence-electron chi connectivity index (χ2n) is 2.30. The highest BCUT2D eigenvalue weighted by molar-refractivity contribution is 5.84. The Labute approximate surface area is 63.8 Å². The summed E-state index contributed by atoms with van der Waals surface area (Å²) in [5.41, 5.74) is 1.92. The SMILES string of the molecule is O=Cc1occc2cccc1-2. The molecule has 1 heterocycles. The molecule has 2 rings (SSSR count). The number of carbonyl (C=O) groups excluding carboxylic acids is 1. The highest BCUT2D eigenvalue weighted by Gasteiger charge is 2.07. The molecule has 0 radical (unpaired) electrons. The highest BCUT2D eigenvalue weighted by atomic mass is 16.3. The van der Waals surface area contributed by atoms with E-state index < -0.39 is 0 Å². The average molecular weight is 146 g/mol. The summed E-state index contributed by atoms with van der Waals surface area (Å²) in [6.45, 7) is 0. The van der Waals surface area contributed by atoms with Gasteiger partial charge in [-0.1, -0.05) is 18.2 Å². The average Bonchev–Trinajstić information content (AvgIpc) is 2.50. The number of hydrogen-bond acceptors (Lipinski definition) is 2. The van der Waals surface area contributed by atoms with E-state index in [-0.39, 0.29) is 0 Å². The van der Waals surface area contributed by atoms with Crippen LogP contribution in [0.3, 0.4) is 0 Å². The van der Waals surface area contributed by atoms with Crippen LogP contribution in [-0.4, -0.2) is 6.29 Å². The molecule has 0 saturated carbocycles. The topological polar surface area (TPSA) is 30.2 Å². The number of rotatable bonds is 1. The Balaban J connectivity index is 2.75. The van der Waals surface area contributed by atoms with E-state index in [1.54, 1.807) is 0 Å². The van der Waals surface area contributed by atoms with Gasteiger partial charge in [0, 0.05) is 5.56 Å². The first-order valence-corrected chi connectivity index (χ1v) is 3.33. The fraction of sp³-hybridized carbons (Fsp3) is 0. The van der Waals surface area contributed by atoms with E-state index in [2.05, 4.69) is 0 Å². The molecule has 0 atom stereocenters. The molecule has 11 heavy (non-hydrogen) atoms. The van der Waals surface area contributed by atoms with E-state index in [9.17, 15) is 4.79 Å². The van der Waals surface area contributed by atoms with Crippen LogP contribution in [0.15, 0.2) is 34.9 Å². The van der Waals surface area contributed by atoms with Crippen molar-refractivity contribution in [3.05, 3.63) is 36.3 Å². The molecule has 0 N–H and O–H groups in total. The van der Waals surface area contributed by atoms with Crippen LogP contribution in [0.5, 0.6) is 0 Å². The monoisotopic (exact) mass is 146 g/mol. The van der Waals surface area contributed by atoms with Gasteiger partial charge in [-0.2, -0.15) is 0 Å². The summed E-state index contributed by atoms with van der Waals surface area (Å²) in [5.74, 6) is 0.396. The zero-order valence-corrected chi connectivity index (χ0v) is 5.78. The molecule has 1 aliphatic carbocycles. The molecule has 0 aromatic carbocycles. The fourth-order valence-corrected chi connectivity index (χ4v) is 1.14. The predicted molar refractivity (Wildman–Crippen MR) is 40.7 cm³/mol. The van der Waals surface area contributed by atoms with Gasteiger partial charge in [-0.3, -0.25) is 4.79 Å². The van der Waals surface area contributed by atoms with Gasteiger partial charge < -0.3 is 4.42 Å². The van der Waals surface area contributed by atoms with Crippen molar-refractivity contribution in [1.29, 1.82) is 0 Å². The van der Waals surface area contributed by atoms with Crippen LogP contribution in [0, 0.1) is 0 Å². The largest absolute Gasteiger partial charge is 0.461 e. The van der Waals surface area contributed by atoms with Gasteiger partial charge in [-0.15, -0.1) is 0 Å². The maximum absolute atomic E-state index is 10.4. The Morgan fingerprint density at radius 1 is 1.27 bits per heavy atom. The van der Waals surface area contributed by atoms with Crippen LogP contribution in [-0.2, 0) is 0 Å². The lowest BCUT2D eigenvalue weighted by atomic mass is 10.1. The van der Waals surface area contributed by atoms with Crippen LogP contribution in [0.4, 0.5) is 0 Å². The third-order valence-electron chi connectivity index (χ3n) is 1.66. The minimum atomic E-state index is 0.396. The van der Waals surface area contributed by atoms with Crippen LogP contribution in [0.2, 0.25) is 0 Å². The molecule has 0 aromatic rings. The number of hydrogen-bond donors (Lipinski definition) is 0. The van der Waals surface area contributed by atoms with E-state index in [1.807, 2.05) is 24.3 Å². The summed E-state index contributed by atoms with van der Waals surface area (Å²) in [5, 5.41) is 0. The van der Waals surface area contributed by atoms with Gasteiger partial charge in [-0.25, -0.2) is 0 Å². The van der Waals surface area contributed by atoms with Gasteiger partial charge >= 0.3 is 0 Å². The summed E-state index contributed by atoms with van der Waals surface area (Å²) in [7, 11) is 0. The molecular weight excluding hydrogens is 140 g/mol. The van der Waals surface area contributed by atoms with E-state index in [4.69, 9.17) is 4.42 Å². The fourth-order valence-electron chi connectivity index (χ4n) is 1.14. The Bertz CT molecular complexity index is 349. The highest BCUT2D eigenvalue weighted by Crippen LogP contribution is 2.25. The van der Waals surface area contributed by atoms with Gasteiger partial charge in [0.15, 0.2) is 12.0 Å². The van der Waals surface area contributed by atoms with Crippen molar-refractivity contribution in [1.82, 2.24) is 0 Å². The van der Waals surface area contributed by atoms with Crippen LogP contribution >= 0.6 is 0 Å². The molecule has 0 saturated heterocycles. The van der Waals surface area contributed by atoms with E-state index in [1.165, 1.54) is 6.26 Å². The predicted octanol–water partition coefficient (Wildman–Crippen LogP) is 2.20. The number of carbonyl (C=O) groups is 1. The van der Waals surface area contributed by atoms with Gasteiger partial charge in [0.2, 0.25) is 0 Å². The molecule has 0 aromatic heterocycles. The molecule has 0 bridgehead atoms. The maximum Gasteiger partial charge on any atom is 0.185 e. The minimum Gasteiger partial charge on any atom is -0.461 e. The Morgan fingerprint density at radius 2 is 2.18 bits per heavy atom. The van der Waals surface area contributed by atoms with Crippen molar-refractivity contribution in [2.24, 2.45) is 0 Å². The van der Waals surface area contributed by atoms with Gasteiger partial charge in [-0.05, 0) is 11.6 Å². The zero-order chi connectivity index (χ0) is 7.68. The lowest BCUT2D eigenvalue weighted by Gasteiger charge is -1.98. The summed E-state index contributed by atoms with van der Waals surface area (Å²) >= 11 is 0. The molecule has 2 aliphatic rings. The smallest absolute Gasteiger partial charge is 0.185 e. The lowest BCUT2D eigenvalue weighted by molar-refractivity contribution is 0.109. The van der Waals surface area contributed by atoms with Crippen LogP contribution < -0.4 is 0 Å². The van der Waals surface area contributed by atoms with Crippen molar-refractivity contribution in [3.8, 4) is 11.1 Å².